The smallest absolute Gasteiger partial charge is 0.256 e. The van der Waals surface area contributed by atoms with Crippen molar-refractivity contribution in [2.45, 2.75) is 37.8 Å². The second-order valence-electron chi connectivity index (χ2n) is 7.08. The fourth-order valence-corrected chi connectivity index (χ4v) is 4.10. The van der Waals surface area contributed by atoms with Gasteiger partial charge >= 0.3 is 0 Å². The molecular weight excluding hydrogens is 481 g/mol. The van der Waals surface area contributed by atoms with Crippen LogP contribution in [0, 0.1) is 3.57 Å². The summed E-state index contributed by atoms with van der Waals surface area (Å²) in [6.07, 6.45) is 7.94. The highest BCUT2D eigenvalue weighted by molar-refractivity contribution is 14.1. The number of amides is 1. The van der Waals surface area contributed by atoms with Crippen LogP contribution < -0.4 is 10.6 Å². The minimum atomic E-state index is -0.210. The SMILES string of the molecule is CO[C@H]1CC[C@H](Nc2ncc3c(NC(=O)c4ccccc4)ncc(I)c3n2)CC1. The first-order valence-corrected chi connectivity index (χ1v) is 10.7. The third-order valence-corrected chi connectivity index (χ3v) is 5.98. The molecule has 0 spiro atoms. The third kappa shape index (κ3) is 4.64. The molecule has 1 aliphatic rings. The average molecular weight is 503 g/mol. The molecule has 0 saturated heterocycles. The number of nitrogens with one attached hydrogen (secondary N) is 2. The number of hydrogen-bond acceptors (Lipinski definition) is 6. The molecule has 8 heteroatoms. The predicted octanol–water partition coefficient (Wildman–Crippen LogP) is 4.25. The number of carbonyl (C=O) groups is 1. The Morgan fingerprint density at radius 3 is 2.59 bits per heavy atom. The fraction of sp³-hybridized carbons (Fsp3) is 0.333. The van der Waals surface area contributed by atoms with Crippen molar-refractivity contribution in [2.75, 3.05) is 17.7 Å². The zero-order valence-corrected chi connectivity index (χ0v) is 18.2. The number of methoxy groups -OCH3 is 1. The Morgan fingerprint density at radius 2 is 1.86 bits per heavy atom. The summed E-state index contributed by atoms with van der Waals surface area (Å²) in [5, 5.41) is 7.03. The number of fused-ring (bicyclic) bond motifs is 1. The lowest BCUT2D eigenvalue weighted by molar-refractivity contribution is 0.0681. The van der Waals surface area contributed by atoms with Crippen molar-refractivity contribution in [3.63, 3.8) is 0 Å². The van der Waals surface area contributed by atoms with Gasteiger partial charge in [-0.05, 0) is 60.4 Å². The predicted molar refractivity (Wildman–Crippen MR) is 121 cm³/mol. The lowest BCUT2D eigenvalue weighted by atomic mass is 9.93. The van der Waals surface area contributed by atoms with Crippen LogP contribution in [-0.4, -0.2) is 40.1 Å². The van der Waals surface area contributed by atoms with E-state index in [9.17, 15) is 4.79 Å². The van der Waals surface area contributed by atoms with Gasteiger partial charge in [-0.25, -0.2) is 15.0 Å². The zero-order valence-electron chi connectivity index (χ0n) is 16.1. The van der Waals surface area contributed by atoms with Crippen molar-refractivity contribution < 1.29 is 9.53 Å². The minimum absolute atomic E-state index is 0.210. The molecule has 1 aliphatic carbocycles. The highest BCUT2D eigenvalue weighted by atomic mass is 127. The van der Waals surface area contributed by atoms with Crippen molar-refractivity contribution in [3.8, 4) is 0 Å². The Balaban J connectivity index is 1.54. The van der Waals surface area contributed by atoms with Gasteiger partial charge in [0.05, 0.1) is 20.6 Å². The van der Waals surface area contributed by atoms with Gasteiger partial charge in [0.25, 0.3) is 5.91 Å². The van der Waals surface area contributed by atoms with Gasteiger partial charge in [0.15, 0.2) is 0 Å². The van der Waals surface area contributed by atoms with Gasteiger partial charge in [-0.15, -0.1) is 0 Å². The Labute approximate surface area is 182 Å². The van der Waals surface area contributed by atoms with E-state index in [2.05, 4.69) is 43.2 Å². The molecule has 2 aromatic heterocycles. The molecule has 0 aliphatic heterocycles. The van der Waals surface area contributed by atoms with E-state index in [0.717, 1.165) is 40.2 Å². The molecule has 0 bridgehead atoms. The van der Waals surface area contributed by atoms with Crippen LogP contribution in [0.15, 0.2) is 42.7 Å². The summed E-state index contributed by atoms with van der Waals surface area (Å²) in [6, 6.07) is 9.41. The summed E-state index contributed by atoms with van der Waals surface area (Å²) < 4.78 is 6.34. The second kappa shape index (κ2) is 9.00. The number of benzene rings is 1. The van der Waals surface area contributed by atoms with E-state index >= 15 is 0 Å². The maximum atomic E-state index is 12.5. The molecule has 1 aromatic carbocycles. The maximum Gasteiger partial charge on any atom is 0.256 e. The number of pyridine rings is 1. The first-order valence-electron chi connectivity index (χ1n) is 9.61. The van der Waals surface area contributed by atoms with E-state index in [0.29, 0.717) is 29.5 Å². The fourth-order valence-electron chi connectivity index (χ4n) is 3.55. The van der Waals surface area contributed by atoms with Crippen LogP contribution in [0.3, 0.4) is 0 Å². The molecule has 1 fully saturated rings. The Bertz CT molecular complexity index is 1010. The van der Waals surface area contributed by atoms with Crippen molar-refractivity contribution in [1.82, 2.24) is 15.0 Å². The number of aromatic nitrogens is 3. The Morgan fingerprint density at radius 1 is 1.10 bits per heavy atom. The number of nitrogens with zero attached hydrogens (tertiary/aromatic N) is 3. The van der Waals surface area contributed by atoms with E-state index in [1.54, 1.807) is 31.6 Å². The van der Waals surface area contributed by atoms with Crippen LogP contribution in [0.25, 0.3) is 10.9 Å². The largest absolute Gasteiger partial charge is 0.381 e. The van der Waals surface area contributed by atoms with E-state index in [4.69, 9.17) is 9.72 Å². The minimum Gasteiger partial charge on any atom is -0.381 e. The highest BCUT2D eigenvalue weighted by Crippen LogP contribution is 2.27. The maximum absolute atomic E-state index is 12.5. The molecule has 7 nitrogen and oxygen atoms in total. The zero-order chi connectivity index (χ0) is 20.2. The van der Waals surface area contributed by atoms with Gasteiger partial charge in [0.1, 0.15) is 5.82 Å². The molecule has 1 saturated carbocycles. The average Bonchev–Trinajstić information content (AvgIpc) is 2.77. The van der Waals surface area contributed by atoms with E-state index in [-0.39, 0.29) is 5.91 Å². The Hall–Kier alpha value is -2.33. The van der Waals surface area contributed by atoms with Crippen molar-refractivity contribution in [1.29, 1.82) is 0 Å². The van der Waals surface area contributed by atoms with Crippen molar-refractivity contribution in [3.05, 3.63) is 51.9 Å². The summed E-state index contributed by atoms with van der Waals surface area (Å²) in [7, 11) is 1.77. The lowest BCUT2D eigenvalue weighted by Gasteiger charge is -2.28. The van der Waals surface area contributed by atoms with Gasteiger partial charge in [-0.2, -0.15) is 0 Å². The van der Waals surface area contributed by atoms with Gasteiger partial charge in [-0.1, -0.05) is 18.2 Å². The first kappa shape index (κ1) is 20.0. The topological polar surface area (TPSA) is 89.0 Å². The Kier molecular flexibility index (Phi) is 6.19. The lowest BCUT2D eigenvalue weighted by Crippen LogP contribution is -2.29. The summed E-state index contributed by atoms with van der Waals surface area (Å²) in [6.45, 7) is 0. The number of carbonyl (C=O) groups excluding carboxylic acids is 1. The van der Waals surface area contributed by atoms with Gasteiger partial charge in [0, 0.05) is 31.1 Å². The van der Waals surface area contributed by atoms with E-state index in [1.807, 2.05) is 18.2 Å². The molecule has 2 N–H and O–H groups in total. The number of halogens is 1. The van der Waals surface area contributed by atoms with Crippen LogP contribution in [0.2, 0.25) is 0 Å². The molecule has 150 valence electrons. The van der Waals surface area contributed by atoms with Crippen LogP contribution >= 0.6 is 22.6 Å². The van der Waals surface area contributed by atoms with Crippen LogP contribution in [0.4, 0.5) is 11.8 Å². The van der Waals surface area contributed by atoms with Gasteiger partial charge in [-0.3, -0.25) is 4.79 Å². The normalized spacial score (nSPS) is 19.1. The molecule has 0 atom stereocenters. The van der Waals surface area contributed by atoms with Crippen LogP contribution in [0.5, 0.6) is 0 Å². The quantitative estimate of drug-likeness (QED) is 0.507. The first-order chi connectivity index (χ1) is 14.1. The molecule has 4 rings (SSSR count). The molecule has 29 heavy (non-hydrogen) atoms. The van der Waals surface area contributed by atoms with Gasteiger partial charge in [0.2, 0.25) is 5.95 Å². The number of hydrogen-bond donors (Lipinski definition) is 2. The van der Waals surface area contributed by atoms with Gasteiger partial charge < -0.3 is 15.4 Å². The summed E-state index contributed by atoms with van der Waals surface area (Å²) >= 11 is 2.21. The molecule has 3 aromatic rings. The van der Waals surface area contributed by atoms with Crippen LogP contribution in [0.1, 0.15) is 36.0 Å². The second-order valence-corrected chi connectivity index (χ2v) is 8.25. The highest BCUT2D eigenvalue weighted by Gasteiger charge is 2.21. The van der Waals surface area contributed by atoms with Crippen LogP contribution in [-0.2, 0) is 4.74 Å². The van der Waals surface area contributed by atoms with Crippen molar-refractivity contribution in [2.24, 2.45) is 0 Å². The molecule has 2 heterocycles. The number of anilines is 2. The monoisotopic (exact) mass is 503 g/mol. The van der Waals surface area contributed by atoms with E-state index in [1.165, 1.54) is 0 Å². The number of ether oxygens (including phenoxy) is 1. The molecular formula is C21H22IN5O2. The van der Waals surface area contributed by atoms with Crippen molar-refractivity contribution >= 4 is 51.2 Å². The molecule has 1 amide bonds. The molecule has 0 radical (unpaired) electrons. The summed E-state index contributed by atoms with van der Waals surface area (Å²) in [5.74, 6) is 0.849. The number of rotatable bonds is 5. The van der Waals surface area contributed by atoms with E-state index < -0.39 is 0 Å². The standard InChI is InChI=1S/C21H22IN5O2/c1-29-15-9-7-14(8-10-15)25-21-24-11-16-18(26-21)17(22)12-23-19(16)27-20(28)13-5-3-2-4-6-13/h2-6,11-12,14-15H,7-10H2,1H3,(H,23,27,28)(H,24,25,26)/t14-,15-. The third-order valence-electron chi connectivity index (χ3n) is 5.19. The summed E-state index contributed by atoms with van der Waals surface area (Å²) in [5.41, 5.74) is 1.35. The summed E-state index contributed by atoms with van der Waals surface area (Å²) in [4.78, 5) is 26.1. The molecule has 0 unspecified atom stereocenters.